The monoisotopic (exact) mass is 227 g/mol. The van der Waals surface area contributed by atoms with E-state index in [1.165, 1.54) is 0 Å². The van der Waals surface area contributed by atoms with E-state index in [4.69, 9.17) is 5.73 Å². The summed E-state index contributed by atoms with van der Waals surface area (Å²) in [5.74, 6) is 0.396. The van der Waals surface area contributed by atoms with Gasteiger partial charge in [-0.3, -0.25) is 4.79 Å². The molecule has 1 heterocycles. The first kappa shape index (κ1) is 13.5. The van der Waals surface area contributed by atoms with Crippen molar-refractivity contribution in [1.82, 2.24) is 10.2 Å². The SMILES string of the molecule is CC(C)(C)NC(=O)C1CCN(CCN)CC1. The molecular weight excluding hydrogens is 202 g/mol. The number of hydrogen-bond donors (Lipinski definition) is 2. The molecular formula is C12H25N3O. The number of nitrogens with zero attached hydrogens (tertiary/aromatic N) is 1. The Balaban J connectivity index is 2.33. The van der Waals surface area contributed by atoms with E-state index in [2.05, 4.69) is 10.2 Å². The summed E-state index contributed by atoms with van der Waals surface area (Å²) in [4.78, 5) is 14.3. The highest BCUT2D eigenvalue weighted by Gasteiger charge is 2.26. The first-order valence-corrected chi connectivity index (χ1v) is 6.17. The van der Waals surface area contributed by atoms with Crippen molar-refractivity contribution in [3.8, 4) is 0 Å². The van der Waals surface area contributed by atoms with E-state index in [1.54, 1.807) is 0 Å². The minimum atomic E-state index is -0.120. The van der Waals surface area contributed by atoms with E-state index in [0.717, 1.165) is 32.5 Å². The molecule has 1 aliphatic rings. The van der Waals surface area contributed by atoms with E-state index in [0.29, 0.717) is 6.54 Å². The van der Waals surface area contributed by atoms with Gasteiger partial charge in [0.1, 0.15) is 0 Å². The quantitative estimate of drug-likeness (QED) is 0.741. The van der Waals surface area contributed by atoms with Crippen molar-refractivity contribution in [2.24, 2.45) is 11.7 Å². The summed E-state index contributed by atoms with van der Waals surface area (Å²) in [7, 11) is 0. The van der Waals surface area contributed by atoms with Crippen molar-refractivity contribution >= 4 is 5.91 Å². The zero-order valence-electron chi connectivity index (χ0n) is 10.8. The third-order valence-electron chi connectivity index (χ3n) is 2.90. The van der Waals surface area contributed by atoms with E-state index >= 15 is 0 Å². The Morgan fingerprint density at radius 2 is 1.94 bits per heavy atom. The molecule has 0 aromatic rings. The van der Waals surface area contributed by atoms with Crippen LogP contribution in [0.5, 0.6) is 0 Å². The molecule has 1 saturated heterocycles. The van der Waals surface area contributed by atoms with Crippen molar-refractivity contribution in [2.45, 2.75) is 39.2 Å². The summed E-state index contributed by atoms with van der Waals surface area (Å²) in [6, 6.07) is 0. The standard InChI is InChI=1S/C12H25N3O/c1-12(2,3)14-11(16)10-4-7-15(8-5-10)9-6-13/h10H,4-9,13H2,1-3H3,(H,14,16). The maximum absolute atomic E-state index is 11.9. The highest BCUT2D eigenvalue weighted by molar-refractivity contribution is 5.79. The van der Waals surface area contributed by atoms with Crippen molar-refractivity contribution in [2.75, 3.05) is 26.2 Å². The minimum Gasteiger partial charge on any atom is -0.351 e. The van der Waals surface area contributed by atoms with Gasteiger partial charge in [0, 0.05) is 24.5 Å². The number of nitrogens with one attached hydrogen (secondary N) is 1. The molecule has 1 rings (SSSR count). The van der Waals surface area contributed by atoms with Crippen LogP contribution in [-0.2, 0) is 4.79 Å². The fraction of sp³-hybridized carbons (Fsp3) is 0.917. The second-order valence-corrected chi connectivity index (χ2v) is 5.64. The highest BCUT2D eigenvalue weighted by atomic mass is 16.2. The maximum atomic E-state index is 11.9. The molecule has 0 radical (unpaired) electrons. The lowest BCUT2D eigenvalue weighted by Gasteiger charge is -2.32. The van der Waals surface area contributed by atoms with Gasteiger partial charge in [0.05, 0.1) is 0 Å². The first-order chi connectivity index (χ1) is 7.42. The Labute approximate surface area is 98.6 Å². The Bertz CT molecular complexity index is 227. The van der Waals surface area contributed by atoms with Gasteiger partial charge in [-0.25, -0.2) is 0 Å². The lowest BCUT2D eigenvalue weighted by molar-refractivity contribution is -0.127. The topological polar surface area (TPSA) is 58.4 Å². The second kappa shape index (κ2) is 5.64. The smallest absolute Gasteiger partial charge is 0.223 e. The number of amides is 1. The Kier molecular flexibility index (Phi) is 4.74. The summed E-state index contributed by atoms with van der Waals surface area (Å²) < 4.78 is 0. The van der Waals surface area contributed by atoms with Gasteiger partial charge >= 0.3 is 0 Å². The molecule has 4 heteroatoms. The summed E-state index contributed by atoms with van der Waals surface area (Å²) in [6.07, 6.45) is 1.92. The molecule has 94 valence electrons. The van der Waals surface area contributed by atoms with Crippen molar-refractivity contribution < 1.29 is 4.79 Å². The van der Waals surface area contributed by atoms with Gasteiger partial charge in [-0.05, 0) is 46.7 Å². The molecule has 1 fully saturated rings. The molecule has 0 saturated carbocycles. The molecule has 0 bridgehead atoms. The predicted molar refractivity (Wildman–Crippen MR) is 66.1 cm³/mol. The van der Waals surface area contributed by atoms with E-state index in [1.807, 2.05) is 20.8 Å². The summed E-state index contributed by atoms with van der Waals surface area (Å²) in [6.45, 7) is 9.72. The zero-order chi connectivity index (χ0) is 12.2. The number of rotatable bonds is 3. The predicted octanol–water partition coefficient (Wildman–Crippen LogP) is 0.572. The van der Waals surface area contributed by atoms with Gasteiger partial charge in [-0.1, -0.05) is 0 Å². The number of nitrogens with two attached hydrogens (primary N) is 1. The lowest BCUT2D eigenvalue weighted by atomic mass is 9.94. The maximum Gasteiger partial charge on any atom is 0.223 e. The lowest BCUT2D eigenvalue weighted by Crippen LogP contribution is -2.47. The van der Waals surface area contributed by atoms with Crippen LogP contribution in [-0.4, -0.2) is 42.5 Å². The van der Waals surface area contributed by atoms with Gasteiger partial charge in [0.25, 0.3) is 0 Å². The molecule has 1 amide bonds. The molecule has 4 nitrogen and oxygen atoms in total. The number of likely N-dealkylation sites (tertiary alicyclic amines) is 1. The summed E-state index contributed by atoms with van der Waals surface area (Å²) in [5, 5.41) is 3.05. The Morgan fingerprint density at radius 1 is 1.38 bits per heavy atom. The first-order valence-electron chi connectivity index (χ1n) is 6.17. The molecule has 0 aromatic heterocycles. The fourth-order valence-corrected chi connectivity index (χ4v) is 2.07. The number of piperidine rings is 1. The highest BCUT2D eigenvalue weighted by Crippen LogP contribution is 2.17. The fourth-order valence-electron chi connectivity index (χ4n) is 2.07. The molecule has 1 aliphatic heterocycles. The Hall–Kier alpha value is -0.610. The molecule has 0 spiro atoms. The van der Waals surface area contributed by atoms with Gasteiger partial charge < -0.3 is 16.0 Å². The van der Waals surface area contributed by atoms with E-state index in [9.17, 15) is 4.79 Å². The van der Waals surface area contributed by atoms with Gasteiger partial charge in [-0.2, -0.15) is 0 Å². The van der Waals surface area contributed by atoms with Crippen molar-refractivity contribution in [1.29, 1.82) is 0 Å². The summed E-state index contributed by atoms with van der Waals surface area (Å²) >= 11 is 0. The van der Waals surface area contributed by atoms with Crippen LogP contribution in [0.2, 0.25) is 0 Å². The van der Waals surface area contributed by atoms with Gasteiger partial charge in [0.2, 0.25) is 5.91 Å². The normalized spacial score (nSPS) is 19.8. The molecule has 0 unspecified atom stereocenters. The average molecular weight is 227 g/mol. The molecule has 0 aliphatic carbocycles. The van der Waals surface area contributed by atoms with Crippen LogP contribution in [0.15, 0.2) is 0 Å². The molecule has 0 aromatic carbocycles. The van der Waals surface area contributed by atoms with Crippen LogP contribution in [0, 0.1) is 5.92 Å². The van der Waals surface area contributed by atoms with Crippen LogP contribution in [0.1, 0.15) is 33.6 Å². The second-order valence-electron chi connectivity index (χ2n) is 5.64. The largest absolute Gasteiger partial charge is 0.351 e. The van der Waals surface area contributed by atoms with E-state index < -0.39 is 0 Å². The van der Waals surface area contributed by atoms with Gasteiger partial charge in [-0.15, -0.1) is 0 Å². The van der Waals surface area contributed by atoms with Crippen LogP contribution in [0.25, 0.3) is 0 Å². The molecule has 0 atom stereocenters. The van der Waals surface area contributed by atoms with Gasteiger partial charge in [0.15, 0.2) is 0 Å². The summed E-state index contributed by atoms with van der Waals surface area (Å²) in [5.41, 5.74) is 5.40. The van der Waals surface area contributed by atoms with E-state index in [-0.39, 0.29) is 17.4 Å². The third-order valence-corrected chi connectivity index (χ3v) is 2.90. The number of carbonyl (C=O) groups excluding carboxylic acids is 1. The van der Waals surface area contributed by atoms with Crippen LogP contribution < -0.4 is 11.1 Å². The van der Waals surface area contributed by atoms with Crippen LogP contribution in [0.3, 0.4) is 0 Å². The zero-order valence-corrected chi connectivity index (χ0v) is 10.8. The number of carbonyl (C=O) groups is 1. The molecule has 3 N–H and O–H groups in total. The molecule has 16 heavy (non-hydrogen) atoms. The van der Waals surface area contributed by atoms with Crippen molar-refractivity contribution in [3.05, 3.63) is 0 Å². The third kappa shape index (κ3) is 4.49. The van der Waals surface area contributed by atoms with Crippen LogP contribution >= 0.6 is 0 Å². The van der Waals surface area contributed by atoms with Crippen molar-refractivity contribution in [3.63, 3.8) is 0 Å². The average Bonchev–Trinajstić information content (AvgIpc) is 2.16. The minimum absolute atomic E-state index is 0.120. The number of hydrogen-bond acceptors (Lipinski definition) is 3. The van der Waals surface area contributed by atoms with Crippen LogP contribution in [0.4, 0.5) is 0 Å². The Morgan fingerprint density at radius 3 is 2.38 bits per heavy atom.